The summed E-state index contributed by atoms with van der Waals surface area (Å²) in [5, 5.41) is 33.9. The molecule has 1 unspecified atom stereocenters. The molecule has 3 aromatic heterocycles. The molecule has 1 atom stereocenters. The molecule has 4 aromatic rings. The predicted molar refractivity (Wildman–Crippen MR) is 109 cm³/mol. The Balaban J connectivity index is 1.82. The lowest BCUT2D eigenvalue weighted by molar-refractivity contribution is 0.0112. The Bertz CT molecular complexity index is 1460. The van der Waals surface area contributed by atoms with Crippen LogP contribution in [0.5, 0.6) is 0 Å². The number of hydrogen-bond donors (Lipinski definition) is 2. The number of aliphatic hydroxyl groups is 2. The van der Waals surface area contributed by atoms with Gasteiger partial charge in [-0.3, -0.25) is 13.8 Å². The van der Waals surface area contributed by atoms with Crippen LogP contribution in [0.15, 0.2) is 27.8 Å². The molecule has 0 spiro atoms. The molecule has 164 valence electrons. The second kappa shape index (κ2) is 7.22. The maximum atomic E-state index is 14.4. The van der Waals surface area contributed by atoms with Crippen LogP contribution in [0.1, 0.15) is 50.1 Å². The maximum Gasteiger partial charge on any atom is 0.278 e. The van der Waals surface area contributed by atoms with Crippen LogP contribution in [0.4, 0.5) is 4.39 Å². The van der Waals surface area contributed by atoms with Gasteiger partial charge in [-0.05, 0) is 44.7 Å². The SMILES string of the molecule is CC(CO)n1c(=O)c2c(-c3noc(C4(O)CCCC4)n3)ncn2c2ccc(F)c(C#N)c21. The Morgan fingerprint density at radius 2 is 2.09 bits per heavy atom. The monoisotopic (exact) mass is 438 g/mol. The molecule has 1 aromatic carbocycles. The Hall–Kier alpha value is -3.62. The summed E-state index contributed by atoms with van der Waals surface area (Å²) >= 11 is 0. The lowest BCUT2D eigenvalue weighted by atomic mass is 10.0. The van der Waals surface area contributed by atoms with Crippen LogP contribution in [0, 0.1) is 17.1 Å². The van der Waals surface area contributed by atoms with Crippen molar-refractivity contribution in [1.29, 1.82) is 5.26 Å². The molecule has 32 heavy (non-hydrogen) atoms. The van der Waals surface area contributed by atoms with Gasteiger partial charge in [0.2, 0.25) is 5.82 Å². The van der Waals surface area contributed by atoms with E-state index in [1.54, 1.807) is 6.92 Å². The van der Waals surface area contributed by atoms with E-state index in [0.717, 1.165) is 18.9 Å². The minimum absolute atomic E-state index is 0.0325. The highest BCUT2D eigenvalue weighted by Crippen LogP contribution is 2.38. The van der Waals surface area contributed by atoms with Crippen molar-refractivity contribution in [3.05, 3.63) is 46.1 Å². The number of fused-ring (bicyclic) bond motifs is 3. The summed E-state index contributed by atoms with van der Waals surface area (Å²) in [6.45, 7) is 1.18. The lowest BCUT2D eigenvalue weighted by Gasteiger charge is -2.18. The second-order valence-corrected chi connectivity index (χ2v) is 8.08. The Morgan fingerprint density at radius 3 is 2.78 bits per heavy atom. The van der Waals surface area contributed by atoms with E-state index in [9.17, 15) is 24.7 Å². The van der Waals surface area contributed by atoms with Gasteiger partial charge >= 0.3 is 0 Å². The minimum Gasteiger partial charge on any atom is -0.394 e. The molecular weight excluding hydrogens is 419 g/mol. The van der Waals surface area contributed by atoms with Gasteiger partial charge < -0.3 is 14.7 Å². The van der Waals surface area contributed by atoms with Crippen LogP contribution < -0.4 is 5.56 Å². The zero-order chi connectivity index (χ0) is 22.6. The number of imidazole rings is 1. The zero-order valence-electron chi connectivity index (χ0n) is 17.1. The van der Waals surface area contributed by atoms with Gasteiger partial charge in [-0.1, -0.05) is 5.16 Å². The lowest BCUT2D eigenvalue weighted by Crippen LogP contribution is -2.28. The van der Waals surface area contributed by atoms with E-state index in [1.165, 1.54) is 21.4 Å². The molecule has 1 saturated carbocycles. The highest BCUT2D eigenvalue weighted by Gasteiger charge is 2.39. The molecule has 10 nitrogen and oxygen atoms in total. The number of aliphatic hydroxyl groups excluding tert-OH is 1. The molecule has 3 heterocycles. The van der Waals surface area contributed by atoms with E-state index in [4.69, 9.17) is 4.52 Å². The Kier molecular flexibility index (Phi) is 4.58. The van der Waals surface area contributed by atoms with E-state index in [2.05, 4.69) is 15.1 Å². The van der Waals surface area contributed by atoms with Crippen molar-refractivity contribution >= 4 is 16.6 Å². The van der Waals surface area contributed by atoms with Crippen LogP contribution in [0.25, 0.3) is 28.1 Å². The molecule has 0 radical (unpaired) electrons. The third kappa shape index (κ3) is 2.77. The first-order valence-corrected chi connectivity index (χ1v) is 10.2. The van der Waals surface area contributed by atoms with Crippen molar-refractivity contribution in [3.63, 3.8) is 0 Å². The highest BCUT2D eigenvalue weighted by atomic mass is 19.1. The van der Waals surface area contributed by atoms with Crippen molar-refractivity contribution in [3.8, 4) is 17.6 Å². The summed E-state index contributed by atoms with van der Waals surface area (Å²) in [5.74, 6) is -0.666. The summed E-state index contributed by atoms with van der Waals surface area (Å²) in [7, 11) is 0. The smallest absolute Gasteiger partial charge is 0.278 e. The minimum atomic E-state index is -1.20. The summed E-state index contributed by atoms with van der Waals surface area (Å²) in [6.07, 6.45) is 4.06. The quantitative estimate of drug-likeness (QED) is 0.493. The first-order chi connectivity index (χ1) is 15.4. The Morgan fingerprint density at radius 1 is 1.34 bits per heavy atom. The predicted octanol–water partition coefficient (Wildman–Crippen LogP) is 2.02. The van der Waals surface area contributed by atoms with E-state index in [-0.39, 0.29) is 34.0 Å². The maximum absolute atomic E-state index is 14.4. The fourth-order valence-corrected chi connectivity index (χ4v) is 4.40. The third-order valence-corrected chi connectivity index (χ3v) is 6.08. The molecule has 1 aliphatic rings. The van der Waals surface area contributed by atoms with Gasteiger partial charge in [0.15, 0.2) is 0 Å². The van der Waals surface area contributed by atoms with Gasteiger partial charge in [-0.15, -0.1) is 0 Å². The topological polar surface area (TPSA) is 142 Å². The normalized spacial score (nSPS) is 16.6. The number of benzene rings is 1. The van der Waals surface area contributed by atoms with Crippen molar-refractivity contribution in [2.45, 2.75) is 44.2 Å². The first kappa shape index (κ1) is 20.3. The van der Waals surface area contributed by atoms with E-state index in [1.807, 2.05) is 6.07 Å². The number of nitriles is 1. The van der Waals surface area contributed by atoms with Crippen LogP contribution in [0.3, 0.4) is 0 Å². The van der Waals surface area contributed by atoms with E-state index in [0.29, 0.717) is 18.4 Å². The molecule has 5 rings (SSSR count). The number of halogens is 1. The molecule has 0 amide bonds. The van der Waals surface area contributed by atoms with Gasteiger partial charge in [-0.2, -0.15) is 10.2 Å². The Labute approximate surface area is 180 Å². The van der Waals surface area contributed by atoms with E-state index >= 15 is 0 Å². The van der Waals surface area contributed by atoms with Crippen LogP contribution in [-0.4, -0.2) is 40.9 Å². The second-order valence-electron chi connectivity index (χ2n) is 8.08. The average Bonchev–Trinajstić information content (AvgIpc) is 3.53. The fourth-order valence-electron chi connectivity index (χ4n) is 4.40. The third-order valence-electron chi connectivity index (χ3n) is 6.08. The summed E-state index contributed by atoms with van der Waals surface area (Å²) in [4.78, 5) is 22.1. The summed E-state index contributed by atoms with van der Waals surface area (Å²) in [5.41, 5.74) is -1.48. The highest BCUT2D eigenvalue weighted by molar-refractivity contribution is 5.87. The standard InChI is InChI=1S/C21H19FN6O4/c1-11(9-29)28-16-12(8-23)13(22)4-5-14(16)27-10-24-15(17(27)19(28)30)18-25-20(32-26-18)21(31)6-2-3-7-21/h4-5,10-11,29,31H,2-3,6-7,9H2,1H3. The molecular formula is C21H19FN6O4. The van der Waals surface area contributed by atoms with Gasteiger partial charge in [0.25, 0.3) is 11.4 Å². The van der Waals surface area contributed by atoms with Crippen LogP contribution >= 0.6 is 0 Å². The number of nitrogens with zero attached hydrogens (tertiary/aromatic N) is 6. The molecule has 2 N–H and O–H groups in total. The zero-order valence-corrected chi connectivity index (χ0v) is 17.1. The van der Waals surface area contributed by atoms with Crippen molar-refractivity contribution in [2.24, 2.45) is 0 Å². The van der Waals surface area contributed by atoms with Crippen molar-refractivity contribution < 1.29 is 19.1 Å². The summed E-state index contributed by atoms with van der Waals surface area (Å²) in [6, 6.07) is 3.64. The number of aromatic nitrogens is 5. The van der Waals surface area contributed by atoms with E-state index < -0.39 is 29.6 Å². The molecule has 0 aliphatic heterocycles. The van der Waals surface area contributed by atoms with Gasteiger partial charge in [-0.25, -0.2) is 9.37 Å². The first-order valence-electron chi connectivity index (χ1n) is 10.2. The van der Waals surface area contributed by atoms with Gasteiger partial charge in [0, 0.05) is 0 Å². The van der Waals surface area contributed by atoms with Crippen LogP contribution in [-0.2, 0) is 5.60 Å². The fraction of sp³-hybridized carbons (Fsp3) is 0.381. The number of rotatable bonds is 4. The molecule has 11 heteroatoms. The van der Waals surface area contributed by atoms with Crippen LogP contribution in [0.2, 0.25) is 0 Å². The van der Waals surface area contributed by atoms with Gasteiger partial charge in [0.1, 0.15) is 40.6 Å². The number of hydrogen-bond acceptors (Lipinski definition) is 8. The summed E-state index contributed by atoms with van der Waals surface area (Å²) < 4.78 is 22.3. The molecule has 0 bridgehead atoms. The average molecular weight is 438 g/mol. The van der Waals surface area contributed by atoms with Gasteiger partial charge in [0.05, 0.1) is 23.7 Å². The molecule has 1 fully saturated rings. The largest absolute Gasteiger partial charge is 0.394 e. The van der Waals surface area contributed by atoms with Crippen molar-refractivity contribution in [2.75, 3.05) is 6.61 Å². The van der Waals surface area contributed by atoms with Crippen molar-refractivity contribution in [1.82, 2.24) is 24.1 Å². The molecule has 1 aliphatic carbocycles. The molecule has 0 saturated heterocycles.